The fraction of sp³-hybridized carbons (Fsp3) is 0.333. The first-order chi connectivity index (χ1) is 9.75. The standard InChI is InChI=1S/C18H19BrS/c1-13(18(19)14-7-3-2-4-8-14)11-15-12-20-17-10-6-5-9-16(15)17/h2-10,13,15,18H,11-12H2,1H3. The lowest BCUT2D eigenvalue weighted by atomic mass is 9.88. The largest absolute Gasteiger partial charge is 0.125 e. The summed E-state index contributed by atoms with van der Waals surface area (Å²) in [4.78, 5) is 1.93. The second kappa shape index (κ2) is 6.36. The maximum Gasteiger partial charge on any atom is 0.0421 e. The molecule has 0 bridgehead atoms. The summed E-state index contributed by atoms with van der Waals surface area (Å²) in [5.74, 6) is 2.57. The Morgan fingerprint density at radius 3 is 2.60 bits per heavy atom. The van der Waals surface area contributed by atoms with Crippen LogP contribution in [0.1, 0.15) is 35.2 Å². The first-order valence-electron chi connectivity index (χ1n) is 7.16. The summed E-state index contributed by atoms with van der Waals surface area (Å²) < 4.78 is 0. The molecule has 0 fully saturated rings. The third kappa shape index (κ3) is 2.96. The maximum atomic E-state index is 3.89. The van der Waals surface area contributed by atoms with E-state index in [4.69, 9.17) is 0 Å². The molecule has 3 rings (SSSR count). The second-order valence-corrected chi connectivity index (χ2v) is 7.62. The molecule has 3 atom stereocenters. The number of alkyl halides is 1. The topological polar surface area (TPSA) is 0 Å². The Balaban J connectivity index is 1.70. The molecule has 2 heteroatoms. The SMILES string of the molecule is CC(CC1CSc2ccccc21)C(Br)c1ccccc1. The molecule has 0 aliphatic carbocycles. The highest BCUT2D eigenvalue weighted by Gasteiger charge is 2.27. The highest BCUT2D eigenvalue weighted by molar-refractivity contribution is 9.09. The molecule has 104 valence electrons. The number of halogens is 1. The second-order valence-electron chi connectivity index (χ2n) is 5.57. The lowest BCUT2D eigenvalue weighted by Crippen LogP contribution is -2.09. The van der Waals surface area contributed by atoms with E-state index in [0.717, 1.165) is 0 Å². The van der Waals surface area contributed by atoms with E-state index >= 15 is 0 Å². The summed E-state index contributed by atoms with van der Waals surface area (Å²) in [5, 5.41) is 0. The van der Waals surface area contributed by atoms with Gasteiger partial charge in [-0.05, 0) is 35.4 Å². The Morgan fingerprint density at radius 1 is 1.10 bits per heavy atom. The molecule has 1 aliphatic rings. The maximum absolute atomic E-state index is 3.89. The van der Waals surface area contributed by atoms with Gasteiger partial charge in [0.1, 0.15) is 0 Å². The van der Waals surface area contributed by atoms with Gasteiger partial charge in [-0.25, -0.2) is 0 Å². The molecule has 0 amide bonds. The molecule has 1 heterocycles. The van der Waals surface area contributed by atoms with Crippen LogP contribution in [0.15, 0.2) is 59.5 Å². The van der Waals surface area contributed by atoms with Crippen molar-refractivity contribution in [1.82, 2.24) is 0 Å². The Morgan fingerprint density at radius 2 is 1.80 bits per heavy atom. The first-order valence-corrected chi connectivity index (χ1v) is 9.06. The number of thioether (sulfide) groups is 1. The van der Waals surface area contributed by atoms with Gasteiger partial charge in [0.25, 0.3) is 0 Å². The lowest BCUT2D eigenvalue weighted by molar-refractivity contribution is 0.483. The summed E-state index contributed by atoms with van der Waals surface area (Å²) in [6, 6.07) is 19.6. The fourth-order valence-electron chi connectivity index (χ4n) is 2.96. The molecule has 2 aromatic carbocycles. The van der Waals surface area contributed by atoms with Crippen LogP contribution in [-0.4, -0.2) is 5.75 Å². The molecule has 0 saturated carbocycles. The van der Waals surface area contributed by atoms with E-state index in [1.54, 1.807) is 5.56 Å². The Kier molecular flexibility index (Phi) is 4.52. The summed E-state index contributed by atoms with van der Waals surface area (Å²) in [7, 11) is 0. The van der Waals surface area contributed by atoms with E-state index < -0.39 is 0 Å². The highest BCUT2D eigenvalue weighted by atomic mass is 79.9. The lowest BCUT2D eigenvalue weighted by Gasteiger charge is -2.22. The van der Waals surface area contributed by atoms with Gasteiger partial charge in [0.05, 0.1) is 0 Å². The van der Waals surface area contributed by atoms with Crippen LogP contribution < -0.4 is 0 Å². The minimum atomic E-state index is 0.446. The van der Waals surface area contributed by atoms with E-state index in [-0.39, 0.29) is 0 Å². The Hall–Kier alpha value is -0.730. The minimum Gasteiger partial charge on any atom is -0.125 e. The molecule has 1 aliphatic heterocycles. The van der Waals surface area contributed by atoms with Gasteiger partial charge < -0.3 is 0 Å². The molecule has 3 unspecified atom stereocenters. The molecular weight excluding hydrogens is 328 g/mol. The molecule has 2 aromatic rings. The van der Waals surface area contributed by atoms with Crippen LogP contribution in [0.25, 0.3) is 0 Å². The summed E-state index contributed by atoms with van der Waals surface area (Å²) in [6.45, 7) is 2.36. The van der Waals surface area contributed by atoms with Gasteiger partial charge in [0, 0.05) is 15.5 Å². The average Bonchev–Trinajstić information content (AvgIpc) is 2.91. The van der Waals surface area contributed by atoms with Crippen molar-refractivity contribution in [2.24, 2.45) is 5.92 Å². The Labute approximate surface area is 134 Å². The normalized spacial score (nSPS) is 20.4. The van der Waals surface area contributed by atoms with Crippen LogP contribution in [-0.2, 0) is 0 Å². The number of fused-ring (bicyclic) bond motifs is 1. The molecular formula is C18H19BrS. The predicted octanol–water partition coefficient (Wildman–Crippen LogP) is 6.04. The van der Waals surface area contributed by atoms with E-state index in [1.807, 2.05) is 11.8 Å². The molecule has 0 aromatic heterocycles. The molecule has 0 radical (unpaired) electrons. The van der Waals surface area contributed by atoms with E-state index in [2.05, 4.69) is 77.5 Å². The van der Waals surface area contributed by atoms with Crippen LogP contribution in [0.5, 0.6) is 0 Å². The molecule has 0 spiro atoms. The third-order valence-corrected chi connectivity index (χ3v) is 6.76. The summed E-state index contributed by atoms with van der Waals surface area (Å²) in [5.41, 5.74) is 2.94. The van der Waals surface area contributed by atoms with E-state index in [9.17, 15) is 0 Å². The van der Waals surface area contributed by atoms with Crippen molar-refractivity contribution in [3.05, 3.63) is 65.7 Å². The summed E-state index contributed by atoms with van der Waals surface area (Å²) >= 11 is 5.90. The smallest absolute Gasteiger partial charge is 0.0421 e. The van der Waals surface area contributed by atoms with Crippen LogP contribution in [0.4, 0.5) is 0 Å². The zero-order valence-corrected chi connectivity index (χ0v) is 14.0. The van der Waals surface area contributed by atoms with E-state index in [1.165, 1.54) is 22.6 Å². The average molecular weight is 347 g/mol. The van der Waals surface area contributed by atoms with Gasteiger partial charge in [-0.2, -0.15) is 0 Å². The number of hydrogen-bond acceptors (Lipinski definition) is 1. The van der Waals surface area contributed by atoms with Crippen LogP contribution in [0.2, 0.25) is 0 Å². The van der Waals surface area contributed by atoms with Gasteiger partial charge in [-0.3, -0.25) is 0 Å². The monoisotopic (exact) mass is 346 g/mol. The molecule has 0 N–H and O–H groups in total. The van der Waals surface area contributed by atoms with E-state index in [0.29, 0.717) is 16.7 Å². The van der Waals surface area contributed by atoms with Crippen molar-refractivity contribution in [1.29, 1.82) is 0 Å². The number of benzene rings is 2. The first kappa shape index (κ1) is 14.2. The quantitative estimate of drug-likeness (QED) is 0.608. The van der Waals surface area contributed by atoms with Crippen molar-refractivity contribution in [3.8, 4) is 0 Å². The van der Waals surface area contributed by atoms with Crippen molar-refractivity contribution < 1.29 is 0 Å². The highest BCUT2D eigenvalue weighted by Crippen LogP contribution is 2.45. The van der Waals surface area contributed by atoms with Crippen LogP contribution in [0.3, 0.4) is 0 Å². The van der Waals surface area contributed by atoms with Crippen molar-refractivity contribution in [2.75, 3.05) is 5.75 Å². The van der Waals surface area contributed by atoms with Gasteiger partial charge >= 0.3 is 0 Å². The predicted molar refractivity (Wildman–Crippen MR) is 91.8 cm³/mol. The zero-order chi connectivity index (χ0) is 13.9. The van der Waals surface area contributed by atoms with Crippen LogP contribution in [0, 0.1) is 5.92 Å². The van der Waals surface area contributed by atoms with Crippen molar-refractivity contribution in [3.63, 3.8) is 0 Å². The van der Waals surface area contributed by atoms with Crippen molar-refractivity contribution in [2.45, 2.75) is 29.0 Å². The van der Waals surface area contributed by atoms with Gasteiger partial charge in [-0.15, -0.1) is 11.8 Å². The van der Waals surface area contributed by atoms with Crippen LogP contribution >= 0.6 is 27.7 Å². The third-order valence-electron chi connectivity index (χ3n) is 4.07. The number of hydrogen-bond donors (Lipinski definition) is 0. The van der Waals surface area contributed by atoms with Crippen molar-refractivity contribution >= 4 is 27.7 Å². The summed E-state index contributed by atoms with van der Waals surface area (Å²) in [6.07, 6.45) is 1.24. The molecule has 20 heavy (non-hydrogen) atoms. The van der Waals surface area contributed by atoms with Gasteiger partial charge in [-0.1, -0.05) is 71.4 Å². The Bertz CT molecular complexity index is 567. The molecule has 0 nitrogen and oxygen atoms in total. The zero-order valence-electron chi connectivity index (χ0n) is 11.6. The van der Waals surface area contributed by atoms with Gasteiger partial charge in [0.2, 0.25) is 0 Å². The molecule has 0 saturated heterocycles. The minimum absolute atomic E-state index is 0.446. The van der Waals surface area contributed by atoms with Gasteiger partial charge in [0.15, 0.2) is 0 Å². The number of rotatable bonds is 4. The fourth-order valence-corrected chi connectivity index (χ4v) is 4.75.